The number of nitrogens with two attached hydrogens (primary N) is 1. The van der Waals surface area contributed by atoms with E-state index in [1.807, 2.05) is 6.07 Å². The van der Waals surface area contributed by atoms with Crippen molar-refractivity contribution in [1.82, 2.24) is 0 Å². The van der Waals surface area contributed by atoms with Crippen LogP contribution in [0.3, 0.4) is 0 Å². The first-order chi connectivity index (χ1) is 9.54. The van der Waals surface area contributed by atoms with Gasteiger partial charge in [0.05, 0.1) is 4.92 Å². The molecule has 0 unspecified atom stereocenters. The van der Waals surface area contributed by atoms with E-state index in [2.05, 4.69) is 5.32 Å². The van der Waals surface area contributed by atoms with Gasteiger partial charge in [-0.1, -0.05) is 19.3 Å². The lowest BCUT2D eigenvalue weighted by Crippen LogP contribution is -2.19. The topological polar surface area (TPSA) is 81.2 Å². The number of anilines is 1. The molecule has 0 bridgehead atoms. The molecule has 0 radical (unpaired) electrons. The highest BCUT2D eigenvalue weighted by Gasteiger charge is 2.17. The zero-order valence-electron chi connectivity index (χ0n) is 11.0. The Hall–Kier alpha value is -1.34. The molecular formula is C13H17N3O2S2. The highest BCUT2D eigenvalue weighted by molar-refractivity contribution is 8.00. The molecule has 0 aliphatic heterocycles. The number of nitrogens with one attached hydrogen (secondary N) is 1. The van der Waals surface area contributed by atoms with Crippen LogP contribution in [-0.2, 0) is 0 Å². The van der Waals surface area contributed by atoms with Gasteiger partial charge < -0.3 is 11.1 Å². The number of hydrogen-bond acceptors (Lipinski definition) is 4. The minimum absolute atomic E-state index is 0.0598. The van der Waals surface area contributed by atoms with Crippen LogP contribution in [-0.4, -0.2) is 15.3 Å². The number of rotatable bonds is 4. The summed E-state index contributed by atoms with van der Waals surface area (Å²) in [5, 5.41) is 14.4. The van der Waals surface area contributed by atoms with Gasteiger partial charge in [0.25, 0.3) is 5.69 Å². The third kappa shape index (κ3) is 4.35. The Bertz CT molecular complexity index is 516. The van der Waals surface area contributed by atoms with Gasteiger partial charge in [0.15, 0.2) is 5.11 Å². The zero-order valence-corrected chi connectivity index (χ0v) is 12.6. The van der Waals surface area contributed by atoms with Crippen molar-refractivity contribution in [2.24, 2.45) is 5.73 Å². The van der Waals surface area contributed by atoms with Crippen molar-refractivity contribution < 1.29 is 4.92 Å². The van der Waals surface area contributed by atoms with Gasteiger partial charge in [-0.15, -0.1) is 11.8 Å². The van der Waals surface area contributed by atoms with Gasteiger partial charge in [0, 0.05) is 28.0 Å². The second kappa shape index (κ2) is 6.90. The first-order valence-corrected chi connectivity index (χ1v) is 7.86. The van der Waals surface area contributed by atoms with Crippen molar-refractivity contribution >= 4 is 40.5 Å². The fourth-order valence-corrected chi connectivity index (χ4v) is 3.80. The molecule has 3 N–H and O–H groups in total. The monoisotopic (exact) mass is 311 g/mol. The van der Waals surface area contributed by atoms with Crippen LogP contribution in [0, 0.1) is 10.1 Å². The number of thioether (sulfide) groups is 1. The molecule has 7 heteroatoms. The molecule has 108 valence electrons. The van der Waals surface area contributed by atoms with Crippen LogP contribution in [0.2, 0.25) is 0 Å². The van der Waals surface area contributed by atoms with Crippen LogP contribution in [0.5, 0.6) is 0 Å². The van der Waals surface area contributed by atoms with Crippen molar-refractivity contribution in [1.29, 1.82) is 0 Å². The number of nitro groups is 1. The average Bonchev–Trinajstić information content (AvgIpc) is 2.38. The van der Waals surface area contributed by atoms with Gasteiger partial charge in [-0.25, -0.2) is 0 Å². The molecule has 1 saturated carbocycles. The van der Waals surface area contributed by atoms with Crippen molar-refractivity contribution in [2.75, 3.05) is 5.32 Å². The minimum atomic E-state index is -0.393. The fourth-order valence-electron chi connectivity index (χ4n) is 2.35. The summed E-state index contributed by atoms with van der Waals surface area (Å²) in [7, 11) is 0. The molecule has 0 heterocycles. The molecule has 0 saturated heterocycles. The molecular weight excluding hydrogens is 294 g/mol. The van der Waals surface area contributed by atoms with E-state index in [1.165, 1.54) is 38.2 Å². The van der Waals surface area contributed by atoms with E-state index < -0.39 is 4.92 Å². The maximum atomic E-state index is 11.0. The lowest BCUT2D eigenvalue weighted by Gasteiger charge is -2.21. The van der Waals surface area contributed by atoms with Gasteiger partial charge in [-0.2, -0.15) is 0 Å². The summed E-state index contributed by atoms with van der Waals surface area (Å²) in [4.78, 5) is 11.5. The number of thiocarbonyl (C=S) groups is 1. The van der Waals surface area contributed by atoms with Crippen LogP contribution in [0.1, 0.15) is 32.1 Å². The lowest BCUT2D eigenvalue weighted by molar-refractivity contribution is -0.385. The molecule has 5 nitrogen and oxygen atoms in total. The third-order valence-electron chi connectivity index (χ3n) is 3.22. The van der Waals surface area contributed by atoms with E-state index in [4.69, 9.17) is 18.0 Å². The fraction of sp³-hybridized carbons (Fsp3) is 0.462. The van der Waals surface area contributed by atoms with E-state index in [0.29, 0.717) is 10.9 Å². The SMILES string of the molecule is NC(=S)Nc1cc(SC2CCCCC2)cc([N+](=O)[O-])c1. The quantitative estimate of drug-likeness (QED) is 0.501. The molecule has 0 amide bonds. The Balaban J connectivity index is 2.19. The van der Waals surface area contributed by atoms with Crippen molar-refractivity contribution in [2.45, 2.75) is 42.2 Å². The largest absolute Gasteiger partial charge is 0.376 e. The van der Waals surface area contributed by atoms with Crippen molar-refractivity contribution in [3.05, 3.63) is 28.3 Å². The molecule has 20 heavy (non-hydrogen) atoms. The van der Waals surface area contributed by atoms with Gasteiger partial charge in [0.1, 0.15) is 0 Å². The molecule has 0 atom stereocenters. The average molecular weight is 311 g/mol. The first kappa shape index (κ1) is 15.1. The van der Waals surface area contributed by atoms with Gasteiger partial charge in [0.2, 0.25) is 0 Å². The molecule has 1 aromatic carbocycles. The summed E-state index contributed by atoms with van der Waals surface area (Å²) in [6.45, 7) is 0. The van der Waals surface area contributed by atoms with Crippen molar-refractivity contribution in [3.8, 4) is 0 Å². The standard InChI is InChI=1S/C13H17N3O2S2/c14-13(19)15-9-6-10(16(17)18)8-12(7-9)20-11-4-2-1-3-5-11/h6-8,11H,1-5H2,(H3,14,15,19). The van der Waals surface area contributed by atoms with E-state index in [0.717, 1.165) is 4.90 Å². The molecule has 0 aromatic heterocycles. The van der Waals surface area contributed by atoms with E-state index >= 15 is 0 Å². The number of benzene rings is 1. The third-order valence-corrected chi connectivity index (χ3v) is 4.64. The molecule has 1 aliphatic carbocycles. The maximum absolute atomic E-state index is 11.0. The van der Waals surface area contributed by atoms with Crippen LogP contribution >= 0.6 is 24.0 Å². The summed E-state index contributed by atoms with van der Waals surface area (Å²) >= 11 is 6.49. The molecule has 1 fully saturated rings. The summed E-state index contributed by atoms with van der Waals surface area (Å²) in [5.41, 5.74) is 6.06. The van der Waals surface area contributed by atoms with Gasteiger partial charge in [-0.05, 0) is 31.1 Å². The molecule has 2 rings (SSSR count). The summed E-state index contributed by atoms with van der Waals surface area (Å²) < 4.78 is 0. The number of nitro benzene ring substituents is 1. The number of hydrogen-bond donors (Lipinski definition) is 2. The van der Waals surface area contributed by atoms with Crippen molar-refractivity contribution in [3.63, 3.8) is 0 Å². The Labute approximate surface area is 127 Å². The predicted molar refractivity (Wildman–Crippen MR) is 86.2 cm³/mol. The van der Waals surface area contributed by atoms with Crippen LogP contribution in [0.15, 0.2) is 23.1 Å². The van der Waals surface area contributed by atoms with E-state index in [9.17, 15) is 10.1 Å². The second-order valence-electron chi connectivity index (χ2n) is 4.84. The summed E-state index contributed by atoms with van der Waals surface area (Å²) in [6.07, 6.45) is 6.12. The molecule has 1 aromatic rings. The summed E-state index contributed by atoms with van der Waals surface area (Å²) in [5.74, 6) is 0. The van der Waals surface area contributed by atoms with Crippen LogP contribution in [0.25, 0.3) is 0 Å². The Morgan fingerprint density at radius 2 is 2.05 bits per heavy atom. The predicted octanol–water partition coefficient (Wildman–Crippen LogP) is 3.68. The lowest BCUT2D eigenvalue weighted by atomic mass is 10.0. The summed E-state index contributed by atoms with van der Waals surface area (Å²) in [6, 6.07) is 4.93. The van der Waals surface area contributed by atoms with Gasteiger partial charge >= 0.3 is 0 Å². The van der Waals surface area contributed by atoms with E-state index in [1.54, 1.807) is 17.8 Å². The van der Waals surface area contributed by atoms with Crippen LogP contribution < -0.4 is 11.1 Å². The zero-order chi connectivity index (χ0) is 14.5. The normalized spacial score (nSPS) is 15.8. The molecule has 1 aliphatic rings. The molecule has 0 spiro atoms. The highest BCUT2D eigenvalue weighted by Crippen LogP contribution is 2.36. The Kier molecular flexibility index (Phi) is 5.19. The Morgan fingerprint density at radius 3 is 2.65 bits per heavy atom. The number of nitrogens with zero attached hydrogens (tertiary/aromatic N) is 1. The van der Waals surface area contributed by atoms with Crippen LogP contribution in [0.4, 0.5) is 11.4 Å². The van der Waals surface area contributed by atoms with Gasteiger partial charge in [-0.3, -0.25) is 10.1 Å². The Morgan fingerprint density at radius 1 is 1.35 bits per heavy atom. The highest BCUT2D eigenvalue weighted by atomic mass is 32.2. The van der Waals surface area contributed by atoms with E-state index in [-0.39, 0.29) is 10.8 Å². The smallest absolute Gasteiger partial charge is 0.272 e. The second-order valence-corrected chi connectivity index (χ2v) is 6.65. The minimum Gasteiger partial charge on any atom is -0.376 e. The first-order valence-electron chi connectivity index (χ1n) is 6.57. The maximum Gasteiger partial charge on any atom is 0.272 e. The number of non-ortho nitro benzene ring substituents is 1.